The van der Waals surface area contributed by atoms with Crippen molar-refractivity contribution in [3.05, 3.63) is 38.5 Å². The second-order valence-electron chi connectivity index (χ2n) is 8.52. The van der Waals surface area contributed by atoms with Crippen LogP contribution in [0.15, 0.2) is 28.1 Å². The molecule has 1 aromatic carbocycles. The third-order valence-electron chi connectivity index (χ3n) is 5.60. The standard InChI is InChI=1S/C22H21BrN4O4S/c1-22(2)21(30)27(3)13-9-12-11(8-14(13)31-22)17(20(29)24-10-4-5-10)18(25-12)26-19(28)15-6-7-16(23)32-15/h6-10,25H,4-5H2,1-3H3,(H,24,29)(H,26,28). The third kappa shape index (κ3) is 3.57. The predicted octanol–water partition coefficient (Wildman–Crippen LogP) is 4.27. The van der Waals surface area contributed by atoms with Gasteiger partial charge in [0, 0.05) is 18.5 Å². The molecule has 1 aliphatic carbocycles. The van der Waals surface area contributed by atoms with Gasteiger partial charge in [-0.05, 0) is 66.9 Å². The van der Waals surface area contributed by atoms with Crippen LogP contribution in [0.2, 0.25) is 0 Å². The number of hydrogen-bond acceptors (Lipinski definition) is 5. The van der Waals surface area contributed by atoms with Crippen LogP contribution < -0.4 is 20.3 Å². The number of aromatic amines is 1. The first kappa shape index (κ1) is 21.0. The van der Waals surface area contributed by atoms with Gasteiger partial charge in [0.1, 0.15) is 11.6 Å². The van der Waals surface area contributed by atoms with Crippen LogP contribution in [0.4, 0.5) is 11.5 Å². The van der Waals surface area contributed by atoms with Crippen molar-refractivity contribution in [2.45, 2.75) is 38.3 Å². The third-order valence-corrected chi connectivity index (χ3v) is 7.22. The van der Waals surface area contributed by atoms with E-state index in [0.717, 1.165) is 16.6 Å². The van der Waals surface area contributed by atoms with Gasteiger partial charge in [0.05, 0.1) is 25.4 Å². The molecule has 1 fully saturated rings. The van der Waals surface area contributed by atoms with E-state index >= 15 is 0 Å². The molecule has 32 heavy (non-hydrogen) atoms. The van der Waals surface area contributed by atoms with E-state index in [1.165, 1.54) is 11.3 Å². The maximum absolute atomic E-state index is 13.1. The van der Waals surface area contributed by atoms with Crippen LogP contribution in [0.5, 0.6) is 5.75 Å². The summed E-state index contributed by atoms with van der Waals surface area (Å²) >= 11 is 4.67. The summed E-state index contributed by atoms with van der Waals surface area (Å²) in [5.74, 6) is 0.0647. The molecule has 1 saturated carbocycles. The molecule has 0 radical (unpaired) electrons. The Morgan fingerprint density at radius 1 is 1.25 bits per heavy atom. The van der Waals surface area contributed by atoms with E-state index in [9.17, 15) is 14.4 Å². The van der Waals surface area contributed by atoms with Crippen LogP contribution in [-0.4, -0.2) is 41.4 Å². The molecule has 2 aromatic heterocycles. The Morgan fingerprint density at radius 2 is 2.00 bits per heavy atom. The summed E-state index contributed by atoms with van der Waals surface area (Å²) in [6, 6.07) is 7.19. The van der Waals surface area contributed by atoms with Gasteiger partial charge in [0.15, 0.2) is 5.60 Å². The monoisotopic (exact) mass is 516 g/mol. The number of anilines is 2. The van der Waals surface area contributed by atoms with Crippen molar-refractivity contribution in [3.8, 4) is 5.75 Å². The topological polar surface area (TPSA) is 104 Å². The number of hydrogen-bond donors (Lipinski definition) is 3. The van der Waals surface area contributed by atoms with Crippen LogP contribution in [0.3, 0.4) is 0 Å². The lowest BCUT2D eigenvalue weighted by molar-refractivity contribution is -0.132. The zero-order chi connectivity index (χ0) is 22.8. The van der Waals surface area contributed by atoms with Crippen molar-refractivity contribution in [1.82, 2.24) is 10.3 Å². The Labute approximate surface area is 196 Å². The fourth-order valence-electron chi connectivity index (χ4n) is 3.81. The van der Waals surface area contributed by atoms with Gasteiger partial charge in [0.2, 0.25) is 0 Å². The number of nitrogens with one attached hydrogen (secondary N) is 3. The number of halogens is 1. The number of aromatic nitrogens is 1. The number of nitrogens with zero attached hydrogens (tertiary/aromatic N) is 1. The first-order valence-corrected chi connectivity index (χ1v) is 11.8. The summed E-state index contributed by atoms with van der Waals surface area (Å²) in [5.41, 5.74) is 0.540. The highest BCUT2D eigenvalue weighted by Gasteiger charge is 2.40. The maximum atomic E-state index is 13.1. The smallest absolute Gasteiger partial charge is 0.270 e. The molecule has 10 heteroatoms. The van der Waals surface area contributed by atoms with Crippen molar-refractivity contribution < 1.29 is 19.1 Å². The van der Waals surface area contributed by atoms with E-state index in [0.29, 0.717) is 38.6 Å². The highest BCUT2D eigenvalue weighted by molar-refractivity contribution is 9.11. The second kappa shape index (κ2) is 7.35. The highest BCUT2D eigenvalue weighted by atomic mass is 79.9. The Kier molecular flexibility index (Phi) is 4.82. The molecule has 1 aliphatic heterocycles. The van der Waals surface area contributed by atoms with E-state index in [-0.39, 0.29) is 23.8 Å². The van der Waals surface area contributed by atoms with Crippen LogP contribution in [0, 0.1) is 0 Å². The summed E-state index contributed by atoms with van der Waals surface area (Å²) in [5, 5.41) is 6.46. The Balaban J connectivity index is 1.61. The van der Waals surface area contributed by atoms with Gasteiger partial charge in [-0.25, -0.2) is 0 Å². The summed E-state index contributed by atoms with van der Waals surface area (Å²) in [4.78, 5) is 43.8. The summed E-state index contributed by atoms with van der Waals surface area (Å²) in [6.07, 6.45) is 1.89. The molecular weight excluding hydrogens is 496 g/mol. The Bertz CT molecular complexity index is 1290. The van der Waals surface area contributed by atoms with Gasteiger partial charge in [-0.3, -0.25) is 14.4 Å². The van der Waals surface area contributed by atoms with Crippen LogP contribution in [0.1, 0.15) is 46.7 Å². The van der Waals surface area contributed by atoms with Crippen molar-refractivity contribution in [2.75, 3.05) is 17.3 Å². The van der Waals surface area contributed by atoms with Gasteiger partial charge in [-0.2, -0.15) is 0 Å². The molecule has 0 unspecified atom stereocenters. The molecule has 2 aliphatic rings. The van der Waals surface area contributed by atoms with Gasteiger partial charge >= 0.3 is 0 Å². The van der Waals surface area contributed by atoms with E-state index < -0.39 is 5.60 Å². The van der Waals surface area contributed by atoms with Crippen LogP contribution in [0.25, 0.3) is 10.9 Å². The number of amides is 3. The zero-order valence-corrected chi connectivity index (χ0v) is 20.1. The normalized spacial score (nSPS) is 17.1. The Morgan fingerprint density at radius 3 is 2.66 bits per heavy atom. The molecule has 0 atom stereocenters. The van der Waals surface area contributed by atoms with Gasteiger partial charge < -0.3 is 25.3 Å². The van der Waals surface area contributed by atoms with Crippen molar-refractivity contribution in [1.29, 1.82) is 0 Å². The van der Waals surface area contributed by atoms with Crippen LogP contribution >= 0.6 is 27.3 Å². The largest absolute Gasteiger partial charge is 0.476 e. The first-order valence-electron chi connectivity index (χ1n) is 10.2. The lowest BCUT2D eigenvalue weighted by Gasteiger charge is -2.36. The molecule has 3 amide bonds. The molecule has 0 bridgehead atoms. The number of carbonyl (C=O) groups excluding carboxylic acids is 3. The quantitative estimate of drug-likeness (QED) is 0.481. The zero-order valence-electron chi connectivity index (χ0n) is 17.7. The number of ether oxygens (including phenoxy) is 1. The summed E-state index contributed by atoms with van der Waals surface area (Å²) in [7, 11) is 1.69. The molecular formula is C22H21BrN4O4S. The average molecular weight is 517 g/mol. The number of thiophene rings is 1. The SMILES string of the molecule is CN1C(=O)C(C)(C)Oc2cc3c(C(=O)NC4CC4)c(NC(=O)c4ccc(Br)s4)[nH]c3cc21. The molecule has 3 heterocycles. The van der Waals surface area contributed by atoms with Crippen LogP contribution in [-0.2, 0) is 4.79 Å². The number of carbonyl (C=O) groups is 3. The fourth-order valence-corrected chi connectivity index (χ4v) is 5.09. The van der Waals surface area contributed by atoms with E-state index in [2.05, 4.69) is 31.5 Å². The molecule has 3 N–H and O–H groups in total. The molecule has 0 saturated heterocycles. The lowest BCUT2D eigenvalue weighted by Crippen LogP contribution is -2.50. The average Bonchev–Trinajstić information content (AvgIpc) is 3.31. The Hall–Kier alpha value is -2.85. The fraction of sp³-hybridized carbons (Fsp3) is 0.318. The molecule has 5 rings (SSSR count). The predicted molar refractivity (Wildman–Crippen MR) is 127 cm³/mol. The van der Waals surface area contributed by atoms with E-state index in [4.69, 9.17) is 4.74 Å². The van der Waals surface area contributed by atoms with Crippen molar-refractivity contribution in [2.24, 2.45) is 0 Å². The van der Waals surface area contributed by atoms with Crippen molar-refractivity contribution in [3.63, 3.8) is 0 Å². The number of fused-ring (bicyclic) bond motifs is 2. The number of rotatable bonds is 4. The van der Waals surface area contributed by atoms with Crippen molar-refractivity contribution >= 4 is 67.4 Å². The minimum absolute atomic E-state index is 0.154. The van der Waals surface area contributed by atoms with E-state index in [1.807, 2.05) is 0 Å². The summed E-state index contributed by atoms with van der Waals surface area (Å²) < 4.78 is 6.81. The second-order valence-corrected chi connectivity index (χ2v) is 11.0. The molecule has 8 nitrogen and oxygen atoms in total. The van der Waals surface area contributed by atoms with Gasteiger partial charge in [-0.15, -0.1) is 11.3 Å². The molecule has 166 valence electrons. The highest BCUT2D eigenvalue weighted by Crippen LogP contribution is 2.42. The number of benzene rings is 1. The van der Waals surface area contributed by atoms with Gasteiger partial charge in [-0.1, -0.05) is 0 Å². The first-order chi connectivity index (χ1) is 15.1. The number of H-pyrrole nitrogens is 1. The minimum atomic E-state index is -1.02. The molecule has 0 spiro atoms. The van der Waals surface area contributed by atoms with E-state index in [1.54, 1.807) is 50.1 Å². The summed E-state index contributed by atoms with van der Waals surface area (Å²) in [6.45, 7) is 3.42. The minimum Gasteiger partial charge on any atom is -0.476 e. The maximum Gasteiger partial charge on any atom is 0.270 e. The number of likely N-dealkylation sites (N-methyl/N-ethyl adjacent to an activating group) is 1. The molecule has 3 aromatic rings. The van der Waals surface area contributed by atoms with Gasteiger partial charge in [0.25, 0.3) is 17.7 Å². The lowest BCUT2D eigenvalue weighted by atomic mass is 10.0.